The van der Waals surface area contributed by atoms with E-state index in [9.17, 15) is 0 Å². The molecule has 0 unspecified atom stereocenters. The summed E-state index contributed by atoms with van der Waals surface area (Å²) in [4.78, 5) is 0. The van der Waals surface area contributed by atoms with Gasteiger partial charge in [-0.05, 0) is 67.1 Å². The van der Waals surface area contributed by atoms with Crippen molar-refractivity contribution in [1.82, 2.24) is 0 Å². The third-order valence-corrected chi connectivity index (χ3v) is 9.40. The topological polar surface area (TPSA) is 9.23 Å². The fourth-order valence-corrected chi connectivity index (χ4v) is 6.85. The largest absolute Gasteiger partial charge is 0.494 e. The van der Waals surface area contributed by atoms with Crippen LogP contribution in [-0.2, 0) is 6.42 Å². The molecule has 2 saturated carbocycles. The maximum Gasteiger partial charge on any atom is 0.119 e. The quantitative estimate of drug-likeness (QED) is 0.201. The van der Waals surface area contributed by atoms with Crippen molar-refractivity contribution in [3.05, 3.63) is 29.8 Å². The molecule has 0 spiro atoms. The Labute approximate surface area is 219 Å². The molecule has 0 heterocycles. The maximum absolute atomic E-state index is 6.10. The molecule has 0 bridgehead atoms. The Hall–Kier alpha value is -0.980. The van der Waals surface area contributed by atoms with Crippen molar-refractivity contribution < 1.29 is 4.74 Å². The number of hydrogen-bond donors (Lipinski definition) is 0. The lowest BCUT2D eigenvalue weighted by atomic mass is 9.78. The summed E-state index contributed by atoms with van der Waals surface area (Å²) in [6.45, 7) is 5.52. The molecule has 0 atom stereocenters. The number of benzene rings is 1. The zero-order valence-corrected chi connectivity index (χ0v) is 23.6. The van der Waals surface area contributed by atoms with Crippen LogP contribution in [0, 0.1) is 23.7 Å². The van der Waals surface area contributed by atoms with Crippen molar-refractivity contribution >= 4 is 0 Å². The molecule has 0 amide bonds. The molecular weight excluding hydrogens is 424 g/mol. The van der Waals surface area contributed by atoms with Gasteiger partial charge in [0.1, 0.15) is 5.75 Å². The van der Waals surface area contributed by atoms with Crippen molar-refractivity contribution in [2.24, 2.45) is 23.7 Å². The molecule has 1 aromatic carbocycles. The van der Waals surface area contributed by atoms with E-state index in [1.807, 2.05) is 0 Å². The predicted molar refractivity (Wildman–Crippen MR) is 153 cm³/mol. The molecule has 200 valence electrons. The lowest BCUT2D eigenvalue weighted by Gasteiger charge is -2.28. The minimum absolute atomic E-state index is 0.887. The van der Waals surface area contributed by atoms with Crippen LogP contribution in [0.3, 0.4) is 0 Å². The van der Waals surface area contributed by atoms with Gasteiger partial charge in [0.2, 0.25) is 0 Å². The molecule has 1 aromatic rings. The zero-order chi connectivity index (χ0) is 24.6. The van der Waals surface area contributed by atoms with E-state index in [2.05, 4.69) is 38.1 Å². The van der Waals surface area contributed by atoms with Crippen molar-refractivity contribution in [3.8, 4) is 5.75 Å². The summed E-state index contributed by atoms with van der Waals surface area (Å²) in [6, 6.07) is 9.05. The Balaban J connectivity index is 1.20. The molecule has 35 heavy (non-hydrogen) atoms. The van der Waals surface area contributed by atoms with Crippen LogP contribution >= 0.6 is 0 Å². The molecule has 0 aliphatic heterocycles. The number of ether oxygens (including phenoxy) is 1. The summed E-state index contributed by atoms with van der Waals surface area (Å²) in [5, 5.41) is 0. The average Bonchev–Trinajstić information content (AvgIpc) is 2.90. The molecule has 3 rings (SSSR count). The van der Waals surface area contributed by atoms with Gasteiger partial charge in [0.05, 0.1) is 6.61 Å². The Morgan fingerprint density at radius 3 is 1.54 bits per heavy atom. The Kier molecular flexibility index (Phi) is 14.3. The lowest BCUT2D eigenvalue weighted by molar-refractivity contribution is 0.228. The van der Waals surface area contributed by atoms with Gasteiger partial charge in [-0.15, -0.1) is 0 Å². The summed E-state index contributed by atoms with van der Waals surface area (Å²) in [5.41, 5.74) is 1.49. The smallest absolute Gasteiger partial charge is 0.119 e. The molecular formula is C34H58O. The molecule has 0 N–H and O–H groups in total. The molecule has 0 aromatic heterocycles. The van der Waals surface area contributed by atoms with E-state index < -0.39 is 0 Å². The van der Waals surface area contributed by atoms with E-state index in [0.29, 0.717) is 0 Å². The van der Waals surface area contributed by atoms with Crippen molar-refractivity contribution in [2.75, 3.05) is 6.61 Å². The standard InChI is InChI=1S/C34H58O/c1-3-5-7-9-12-30-14-16-31(17-15-30)13-10-28-35-34-26-24-33(25-27-34)23-22-32-20-18-29(19-21-32)11-8-6-4-2/h24-27,29-32H,3-23,28H2,1-2H3/t29-,30-,31-,32-. The van der Waals surface area contributed by atoms with Gasteiger partial charge in [0.15, 0.2) is 0 Å². The number of aryl methyl sites for hydroxylation is 1. The summed E-state index contributed by atoms with van der Waals surface area (Å²) in [7, 11) is 0. The monoisotopic (exact) mass is 482 g/mol. The van der Waals surface area contributed by atoms with Crippen molar-refractivity contribution in [1.29, 1.82) is 0 Å². The van der Waals surface area contributed by atoms with E-state index in [1.165, 1.54) is 140 Å². The molecule has 1 heteroatoms. The maximum atomic E-state index is 6.10. The van der Waals surface area contributed by atoms with Crippen molar-refractivity contribution in [2.45, 2.75) is 149 Å². The van der Waals surface area contributed by atoms with E-state index >= 15 is 0 Å². The Bertz CT molecular complexity index is 618. The van der Waals surface area contributed by atoms with Gasteiger partial charge >= 0.3 is 0 Å². The first-order valence-electron chi connectivity index (χ1n) is 16.0. The third kappa shape index (κ3) is 11.7. The normalized spacial score (nSPS) is 25.0. The van der Waals surface area contributed by atoms with Crippen molar-refractivity contribution in [3.63, 3.8) is 0 Å². The van der Waals surface area contributed by atoms with Crippen LogP contribution in [0.4, 0.5) is 0 Å². The summed E-state index contributed by atoms with van der Waals surface area (Å²) < 4.78 is 6.10. The van der Waals surface area contributed by atoms with Crippen LogP contribution < -0.4 is 4.74 Å². The summed E-state index contributed by atoms with van der Waals surface area (Å²) in [6.07, 6.45) is 30.0. The van der Waals surface area contributed by atoms with Gasteiger partial charge in [-0.3, -0.25) is 0 Å². The summed E-state index contributed by atoms with van der Waals surface area (Å²) in [5.74, 6) is 5.05. The van der Waals surface area contributed by atoms with E-state index in [4.69, 9.17) is 4.74 Å². The van der Waals surface area contributed by atoms with Gasteiger partial charge in [-0.1, -0.05) is 135 Å². The first-order chi connectivity index (χ1) is 17.3. The third-order valence-electron chi connectivity index (χ3n) is 9.40. The van der Waals surface area contributed by atoms with Gasteiger partial charge in [-0.25, -0.2) is 0 Å². The van der Waals surface area contributed by atoms with Crippen LogP contribution in [-0.4, -0.2) is 6.61 Å². The molecule has 2 aliphatic carbocycles. The van der Waals surface area contributed by atoms with E-state index in [-0.39, 0.29) is 0 Å². The summed E-state index contributed by atoms with van der Waals surface area (Å²) >= 11 is 0. The molecule has 2 aliphatic rings. The lowest BCUT2D eigenvalue weighted by Crippen LogP contribution is -2.15. The van der Waals surface area contributed by atoms with Gasteiger partial charge in [0, 0.05) is 0 Å². The Morgan fingerprint density at radius 1 is 0.543 bits per heavy atom. The minimum Gasteiger partial charge on any atom is -0.494 e. The van der Waals surface area contributed by atoms with Gasteiger partial charge < -0.3 is 4.74 Å². The number of unbranched alkanes of at least 4 members (excludes halogenated alkanes) is 5. The SMILES string of the molecule is CCCCCC[C@H]1CC[C@H](CCCOc2ccc(CC[C@H]3CC[C@H](CCCCC)CC3)cc2)CC1. The highest BCUT2D eigenvalue weighted by atomic mass is 16.5. The zero-order valence-electron chi connectivity index (χ0n) is 23.6. The van der Waals surface area contributed by atoms with E-state index in [0.717, 1.165) is 36.0 Å². The highest BCUT2D eigenvalue weighted by molar-refractivity contribution is 5.27. The second-order valence-electron chi connectivity index (χ2n) is 12.3. The Morgan fingerprint density at radius 2 is 1.00 bits per heavy atom. The van der Waals surface area contributed by atoms with Crippen LogP contribution in [0.2, 0.25) is 0 Å². The minimum atomic E-state index is 0.887. The highest BCUT2D eigenvalue weighted by Gasteiger charge is 2.21. The van der Waals surface area contributed by atoms with Crippen LogP contribution in [0.15, 0.2) is 24.3 Å². The van der Waals surface area contributed by atoms with Crippen LogP contribution in [0.1, 0.15) is 148 Å². The van der Waals surface area contributed by atoms with E-state index in [1.54, 1.807) is 0 Å². The molecule has 1 nitrogen and oxygen atoms in total. The first kappa shape index (κ1) is 28.6. The number of hydrogen-bond acceptors (Lipinski definition) is 1. The molecule has 2 fully saturated rings. The van der Waals surface area contributed by atoms with Gasteiger partial charge in [0.25, 0.3) is 0 Å². The fraction of sp³-hybridized carbons (Fsp3) is 0.824. The highest BCUT2D eigenvalue weighted by Crippen LogP contribution is 2.35. The van der Waals surface area contributed by atoms with Gasteiger partial charge in [-0.2, -0.15) is 0 Å². The second kappa shape index (κ2) is 17.5. The average molecular weight is 483 g/mol. The van der Waals surface area contributed by atoms with Crippen LogP contribution in [0.25, 0.3) is 0 Å². The predicted octanol–water partition coefficient (Wildman–Crippen LogP) is 10.9. The second-order valence-corrected chi connectivity index (χ2v) is 12.3. The molecule has 0 saturated heterocycles. The fourth-order valence-electron chi connectivity index (χ4n) is 6.85. The van der Waals surface area contributed by atoms with Crippen LogP contribution in [0.5, 0.6) is 5.75 Å². The number of rotatable bonds is 17. The molecule has 0 radical (unpaired) electrons. The first-order valence-corrected chi connectivity index (χ1v) is 16.0.